The molecule has 3 aliphatic carbocycles. The molecule has 1 aromatic carbocycles. The summed E-state index contributed by atoms with van der Waals surface area (Å²) in [6, 6.07) is 7.13. The molecule has 12 atom stereocenters. The predicted octanol–water partition coefficient (Wildman–Crippen LogP) is 1.36. The van der Waals surface area contributed by atoms with Gasteiger partial charge in [0.15, 0.2) is 0 Å². The van der Waals surface area contributed by atoms with Crippen LogP contribution in [0.2, 0.25) is 0 Å². The van der Waals surface area contributed by atoms with E-state index in [0.717, 1.165) is 6.92 Å². The van der Waals surface area contributed by atoms with Crippen molar-refractivity contribution in [1.82, 2.24) is 5.32 Å². The van der Waals surface area contributed by atoms with E-state index in [1.165, 1.54) is 19.8 Å². The molecule has 0 spiro atoms. The monoisotopic (exact) mass is 720 g/mol. The molecular formula is C38H47BNO12. The second-order valence-electron chi connectivity index (χ2n) is 14.7. The van der Waals surface area contributed by atoms with Gasteiger partial charge in [0.2, 0.25) is 0 Å². The van der Waals surface area contributed by atoms with Crippen molar-refractivity contribution >= 4 is 43.1 Å². The molecule has 279 valence electrons. The van der Waals surface area contributed by atoms with Gasteiger partial charge in [0.25, 0.3) is 0 Å². The molecule has 1 radical (unpaired) electrons. The summed E-state index contributed by atoms with van der Waals surface area (Å²) in [4.78, 5) is 67.0. The van der Waals surface area contributed by atoms with Crippen LogP contribution in [0.15, 0.2) is 53.1 Å². The van der Waals surface area contributed by atoms with Crippen LogP contribution in [0.4, 0.5) is 0 Å². The van der Waals surface area contributed by atoms with E-state index in [-0.39, 0.29) is 30.6 Å². The molecule has 13 nitrogen and oxygen atoms in total. The molecule has 1 saturated heterocycles. The number of ketones is 1. The first-order valence-electron chi connectivity index (χ1n) is 17.4. The molecule has 4 aliphatic rings. The van der Waals surface area contributed by atoms with Crippen LogP contribution in [0.5, 0.6) is 0 Å². The number of nitrogens with one attached hydrogen (secondary N) is 1. The van der Waals surface area contributed by atoms with E-state index in [2.05, 4.69) is 5.32 Å². The van der Waals surface area contributed by atoms with Gasteiger partial charge >= 0.3 is 278 Å². The molecule has 4 N–H and O–H groups in total. The van der Waals surface area contributed by atoms with Gasteiger partial charge in [-0.05, 0) is 13.8 Å². The van der Waals surface area contributed by atoms with E-state index in [1.807, 2.05) is 0 Å². The van der Waals surface area contributed by atoms with Gasteiger partial charge in [0, 0.05) is 0 Å². The molecule has 1 aliphatic heterocycles. The van der Waals surface area contributed by atoms with Crippen LogP contribution in [0.1, 0.15) is 72.9 Å². The van der Waals surface area contributed by atoms with Crippen molar-refractivity contribution in [2.24, 2.45) is 23.2 Å². The van der Waals surface area contributed by atoms with E-state index in [1.54, 1.807) is 64.1 Å². The van der Waals surface area contributed by atoms with Crippen LogP contribution >= 0.6 is 0 Å². The van der Waals surface area contributed by atoms with Gasteiger partial charge in [-0.1, -0.05) is 12.1 Å². The van der Waals surface area contributed by atoms with E-state index in [4.69, 9.17) is 26.4 Å². The maximum atomic E-state index is 14.9. The van der Waals surface area contributed by atoms with Crippen LogP contribution < -0.4 is 5.32 Å². The third-order valence-corrected chi connectivity index (χ3v) is 11.9. The van der Waals surface area contributed by atoms with Crippen molar-refractivity contribution in [2.75, 3.05) is 6.61 Å². The molecule has 52 heavy (non-hydrogen) atoms. The number of amides is 1. The standard InChI is InChI=1S/C38H47BNO12/c1-8-18(2)34(46)40-29(23-12-10-9-11-13-23)30(44)35(47)51-25-15-37(48)20(4)28(19(25)3)31(50-21(5)41)33(45)36(7)26(43)14-27-38(17-49-27,52-22(6)42)32(36)24(37)16-39/h8-13,16,20,24-27,29-32,43-44,48H,14-15,17H2,1-7H3,(H,40,46)/b18-8+/t20-,24+,25+,26+,27-,29+,30-,31-,32+,36-,37+,38+/m1/s1. The number of fused-ring (bicyclic) bond motifs is 5. The predicted molar refractivity (Wildman–Crippen MR) is 186 cm³/mol. The SMILES string of the molecule is [B]=C[C@H]1[C@@H]2[C@]3(OC(C)=O)CO[C@@H]3C[C@H](O)[C@@]2(C)C(=O)[C@H](OC(C)=O)C2=C(C)[C@@H](OC(=O)[C@H](O)[C@@H](NC(=O)/C(C)=C/C)c3ccccc3)C[C@]1(O)[C@@H]2C. The third kappa shape index (κ3) is 6.27. The van der Waals surface area contributed by atoms with E-state index in [0.29, 0.717) is 11.1 Å². The zero-order valence-corrected chi connectivity index (χ0v) is 30.5. The Morgan fingerprint density at radius 3 is 2.29 bits per heavy atom. The summed E-state index contributed by atoms with van der Waals surface area (Å²) < 4.78 is 23.4. The Morgan fingerprint density at radius 1 is 1.10 bits per heavy atom. The summed E-state index contributed by atoms with van der Waals surface area (Å²) in [5.74, 6) is -6.02. The van der Waals surface area contributed by atoms with E-state index < -0.39 is 101 Å². The number of hydrogen-bond acceptors (Lipinski definition) is 12. The minimum absolute atomic E-state index is 0.0903. The summed E-state index contributed by atoms with van der Waals surface area (Å²) in [6.45, 7) is 10.1. The zero-order chi connectivity index (χ0) is 38.5. The van der Waals surface area contributed by atoms with Crippen molar-refractivity contribution in [2.45, 2.75) is 109 Å². The minimum atomic E-state index is -1.97. The molecule has 5 rings (SSSR count). The molecule has 3 fully saturated rings. The first-order chi connectivity index (χ1) is 24.4. The first-order valence-corrected chi connectivity index (χ1v) is 17.4. The first kappa shape index (κ1) is 39.2. The van der Waals surface area contributed by atoms with E-state index in [9.17, 15) is 39.3 Å². The van der Waals surface area contributed by atoms with Crippen LogP contribution in [-0.2, 0) is 42.9 Å². The second-order valence-corrected chi connectivity index (χ2v) is 14.7. The number of Topliss-reactive ketones (excluding diaryl/α,β-unsaturated/α-hetero) is 1. The molecule has 14 heteroatoms. The van der Waals surface area contributed by atoms with Crippen LogP contribution in [0, 0.1) is 23.2 Å². The number of benzene rings is 1. The fraction of sp³-hybridized carbons (Fsp3) is 0.579. The van der Waals surface area contributed by atoms with Gasteiger partial charge in [-0.15, -0.1) is 0 Å². The number of aliphatic hydroxyl groups excluding tert-OH is 2. The van der Waals surface area contributed by atoms with Gasteiger partial charge in [-0.3, -0.25) is 0 Å². The molecule has 1 heterocycles. The molecule has 1 aromatic rings. The molecular weight excluding hydrogens is 673 g/mol. The van der Waals surface area contributed by atoms with Crippen molar-refractivity contribution in [3.63, 3.8) is 0 Å². The summed E-state index contributed by atoms with van der Waals surface area (Å²) in [7, 11) is 6.36. The van der Waals surface area contributed by atoms with Crippen LogP contribution in [0.25, 0.3) is 0 Å². The number of esters is 3. The number of carbonyl (C=O) groups is 5. The van der Waals surface area contributed by atoms with Gasteiger partial charge in [0.05, 0.1) is 0 Å². The Labute approximate surface area is 303 Å². The maximum absolute atomic E-state index is 14.9. The molecule has 0 unspecified atom stereocenters. The molecule has 0 aromatic heterocycles. The Balaban J connectivity index is 1.64. The number of ether oxygens (including phenoxy) is 4. The normalized spacial score (nSPS) is 36.7. The topological polar surface area (TPSA) is 195 Å². The Kier molecular flexibility index (Phi) is 10.9. The Bertz CT molecular complexity index is 1710. The quantitative estimate of drug-likeness (QED) is 0.0943. The van der Waals surface area contributed by atoms with Gasteiger partial charge in [0.1, 0.15) is 0 Å². The van der Waals surface area contributed by atoms with Crippen molar-refractivity contribution in [3.05, 3.63) is 58.7 Å². The number of hydrogen-bond donors (Lipinski definition) is 4. The number of carbonyl (C=O) groups excluding carboxylic acids is 5. The zero-order valence-electron chi connectivity index (χ0n) is 30.5. The van der Waals surface area contributed by atoms with Crippen LogP contribution in [-0.4, -0.2) is 107 Å². The van der Waals surface area contributed by atoms with Gasteiger partial charge in [-0.25, -0.2) is 0 Å². The fourth-order valence-corrected chi connectivity index (χ4v) is 8.93. The molecule has 2 saturated carbocycles. The summed E-state index contributed by atoms with van der Waals surface area (Å²) in [6.07, 6.45) is -5.93. The molecule has 2 bridgehead atoms. The Hall–Kier alpha value is -3.98. The van der Waals surface area contributed by atoms with Gasteiger partial charge in [-0.2, -0.15) is 0 Å². The number of aliphatic hydroxyl groups is 3. The summed E-state index contributed by atoms with van der Waals surface area (Å²) >= 11 is 0. The third-order valence-electron chi connectivity index (χ3n) is 11.9. The second kappa shape index (κ2) is 14.5. The van der Waals surface area contributed by atoms with Crippen molar-refractivity contribution in [3.8, 4) is 0 Å². The average Bonchev–Trinajstić information content (AvgIpc) is 3.09. The Morgan fingerprint density at radius 2 is 1.75 bits per heavy atom. The van der Waals surface area contributed by atoms with Crippen molar-refractivity contribution < 1.29 is 58.2 Å². The number of rotatable bonds is 9. The fourth-order valence-electron chi connectivity index (χ4n) is 8.93. The molecule has 1 amide bonds. The average molecular weight is 721 g/mol. The summed E-state index contributed by atoms with van der Waals surface area (Å²) in [5.41, 5.74) is -4.07. The van der Waals surface area contributed by atoms with Crippen LogP contribution in [0.3, 0.4) is 0 Å². The van der Waals surface area contributed by atoms with Crippen molar-refractivity contribution in [1.29, 1.82) is 0 Å². The van der Waals surface area contributed by atoms with E-state index >= 15 is 0 Å². The number of allylic oxidation sites excluding steroid dienone is 1. The van der Waals surface area contributed by atoms with Gasteiger partial charge < -0.3 is 0 Å². The summed E-state index contributed by atoms with van der Waals surface area (Å²) in [5, 5.41) is 38.8.